The summed E-state index contributed by atoms with van der Waals surface area (Å²) in [6.07, 6.45) is 0. The second kappa shape index (κ2) is 8.30. The zero-order valence-corrected chi connectivity index (χ0v) is 16.5. The molecule has 0 fully saturated rings. The maximum atomic E-state index is 12.4. The second-order valence-electron chi connectivity index (χ2n) is 6.67. The molecule has 0 unspecified atom stereocenters. The highest BCUT2D eigenvalue weighted by Crippen LogP contribution is 2.27. The molecule has 1 aromatic carbocycles. The van der Waals surface area contributed by atoms with Gasteiger partial charge in [-0.1, -0.05) is 39.0 Å². The van der Waals surface area contributed by atoms with Crippen molar-refractivity contribution in [2.24, 2.45) is 0 Å². The lowest BCUT2D eigenvalue weighted by Crippen LogP contribution is -2.25. The summed E-state index contributed by atoms with van der Waals surface area (Å²) in [4.78, 5) is 17.5. The number of halogens is 2. The molecule has 0 saturated heterocycles. The molecule has 1 aromatic heterocycles. The van der Waals surface area contributed by atoms with Crippen LogP contribution in [0.15, 0.2) is 23.7 Å². The number of aromatic nitrogens is 1. The number of carbonyl (C=O) groups is 1. The van der Waals surface area contributed by atoms with Crippen LogP contribution in [0.25, 0.3) is 0 Å². The van der Waals surface area contributed by atoms with E-state index in [-0.39, 0.29) is 36.1 Å². The summed E-state index contributed by atoms with van der Waals surface area (Å²) >= 11 is 1.41. The molecule has 3 rings (SSSR count). The number of hydrogen-bond donors (Lipinski definition) is 2. The zero-order valence-electron chi connectivity index (χ0n) is 14.0. The van der Waals surface area contributed by atoms with Gasteiger partial charge in [-0.3, -0.25) is 4.79 Å². The fourth-order valence-corrected chi connectivity index (χ4v) is 3.58. The highest BCUT2D eigenvalue weighted by molar-refractivity contribution is 7.11. The summed E-state index contributed by atoms with van der Waals surface area (Å²) in [7, 11) is 0. The number of fused-ring (bicyclic) bond motifs is 1. The van der Waals surface area contributed by atoms with Crippen LogP contribution in [0.3, 0.4) is 0 Å². The van der Waals surface area contributed by atoms with E-state index in [1.807, 2.05) is 0 Å². The number of nitrogens with zero attached hydrogens (tertiary/aromatic N) is 1. The first-order valence-corrected chi connectivity index (χ1v) is 8.36. The number of hydrogen-bond acceptors (Lipinski definition) is 4. The van der Waals surface area contributed by atoms with Crippen molar-refractivity contribution in [1.82, 2.24) is 15.6 Å². The van der Waals surface area contributed by atoms with Crippen molar-refractivity contribution in [3.05, 3.63) is 51.0 Å². The van der Waals surface area contributed by atoms with Gasteiger partial charge >= 0.3 is 0 Å². The second-order valence-corrected chi connectivity index (χ2v) is 7.52. The third kappa shape index (κ3) is 4.48. The van der Waals surface area contributed by atoms with Crippen LogP contribution in [0.5, 0.6) is 0 Å². The van der Waals surface area contributed by atoms with Gasteiger partial charge in [0.2, 0.25) is 0 Å². The quantitative estimate of drug-likeness (QED) is 0.841. The Labute approximate surface area is 159 Å². The number of rotatable bonds is 3. The third-order valence-corrected chi connectivity index (χ3v) is 4.66. The minimum atomic E-state index is -0.119. The Morgan fingerprint density at radius 3 is 2.67 bits per heavy atom. The molecule has 24 heavy (non-hydrogen) atoms. The van der Waals surface area contributed by atoms with Crippen LogP contribution in [-0.4, -0.2) is 10.9 Å². The lowest BCUT2D eigenvalue weighted by atomic mass is 9.91. The summed E-state index contributed by atoms with van der Waals surface area (Å²) in [5.41, 5.74) is 6.32. The number of amides is 1. The van der Waals surface area contributed by atoms with E-state index in [0.29, 0.717) is 6.54 Å². The van der Waals surface area contributed by atoms with E-state index < -0.39 is 0 Å². The summed E-state index contributed by atoms with van der Waals surface area (Å²) < 4.78 is 0. The van der Waals surface area contributed by atoms with E-state index in [9.17, 15) is 4.79 Å². The first-order chi connectivity index (χ1) is 10.4. The monoisotopic (exact) mass is 387 g/mol. The normalized spacial score (nSPS) is 12.8. The highest BCUT2D eigenvalue weighted by atomic mass is 35.5. The van der Waals surface area contributed by atoms with Crippen LogP contribution in [-0.2, 0) is 25.0 Å². The molecule has 7 heteroatoms. The number of benzene rings is 1. The molecule has 0 bridgehead atoms. The van der Waals surface area contributed by atoms with Gasteiger partial charge in [0.1, 0.15) is 4.88 Å². The molecule has 2 heterocycles. The number of nitrogens with one attached hydrogen (secondary N) is 2. The van der Waals surface area contributed by atoms with E-state index in [2.05, 4.69) is 54.6 Å². The smallest absolute Gasteiger partial charge is 0.263 e. The lowest BCUT2D eigenvalue weighted by Gasteiger charge is -2.17. The fraction of sp³-hybridized carbons (Fsp3) is 0.412. The molecule has 2 aromatic rings. The summed E-state index contributed by atoms with van der Waals surface area (Å²) in [6, 6.07) is 6.40. The molecule has 1 aliphatic heterocycles. The number of carbonyl (C=O) groups excluding carboxylic acids is 1. The zero-order chi connectivity index (χ0) is 15.7. The van der Waals surface area contributed by atoms with E-state index in [1.165, 1.54) is 22.5 Å². The van der Waals surface area contributed by atoms with Crippen LogP contribution in [0.2, 0.25) is 0 Å². The SMILES string of the molecule is CC(C)(C)c1ncsc1C(=O)NCc1ccc2c(c1)CNC2.Cl.Cl. The molecular weight excluding hydrogens is 365 g/mol. The standard InChI is InChI=1S/C17H21N3OS.2ClH/c1-17(2,3)15-14(22-10-20-15)16(21)19-7-11-4-5-12-8-18-9-13(12)6-11;;/h4-6,10,18H,7-9H2,1-3H3,(H,19,21);2*1H. The predicted molar refractivity (Wildman–Crippen MR) is 103 cm³/mol. The van der Waals surface area contributed by atoms with Crippen molar-refractivity contribution in [2.45, 2.75) is 45.8 Å². The van der Waals surface area contributed by atoms with Gasteiger partial charge < -0.3 is 10.6 Å². The largest absolute Gasteiger partial charge is 0.347 e. The average Bonchev–Trinajstić information content (AvgIpc) is 3.12. The van der Waals surface area contributed by atoms with Crippen LogP contribution in [0.1, 0.15) is 52.8 Å². The fourth-order valence-electron chi connectivity index (χ4n) is 2.66. The first kappa shape index (κ1) is 20.9. The van der Waals surface area contributed by atoms with Gasteiger partial charge in [0.05, 0.1) is 11.2 Å². The summed E-state index contributed by atoms with van der Waals surface area (Å²) in [6.45, 7) is 8.64. The first-order valence-electron chi connectivity index (χ1n) is 7.49. The molecule has 1 aliphatic rings. The summed E-state index contributed by atoms with van der Waals surface area (Å²) in [5, 5.41) is 6.35. The average molecular weight is 388 g/mol. The van der Waals surface area contributed by atoms with Crippen LogP contribution < -0.4 is 10.6 Å². The van der Waals surface area contributed by atoms with Crippen molar-refractivity contribution in [2.75, 3.05) is 0 Å². The van der Waals surface area contributed by atoms with Gasteiger partial charge in [-0.25, -0.2) is 4.98 Å². The van der Waals surface area contributed by atoms with Gasteiger partial charge in [-0.15, -0.1) is 36.2 Å². The maximum Gasteiger partial charge on any atom is 0.263 e. The van der Waals surface area contributed by atoms with Crippen molar-refractivity contribution < 1.29 is 4.79 Å². The third-order valence-electron chi connectivity index (χ3n) is 3.84. The van der Waals surface area contributed by atoms with Crippen LogP contribution >= 0.6 is 36.2 Å². The van der Waals surface area contributed by atoms with Crippen molar-refractivity contribution in [1.29, 1.82) is 0 Å². The van der Waals surface area contributed by atoms with Gasteiger partial charge in [0.25, 0.3) is 5.91 Å². The summed E-state index contributed by atoms with van der Waals surface area (Å²) in [5.74, 6) is -0.0361. The highest BCUT2D eigenvalue weighted by Gasteiger charge is 2.24. The number of thiazole rings is 1. The maximum absolute atomic E-state index is 12.4. The Bertz CT molecular complexity index is 710. The van der Waals surface area contributed by atoms with Crippen molar-refractivity contribution >= 4 is 42.1 Å². The lowest BCUT2D eigenvalue weighted by molar-refractivity contribution is 0.0952. The molecule has 4 nitrogen and oxygen atoms in total. The molecule has 1 amide bonds. The molecule has 132 valence electrons. The van der Waals surface area contributed by atoms with Crippen molar-refractivity contribution in [3.63, 3.8) is 0 Å². The van der Waals surface area contributed by atoms with Gasteiger partial charge in [0.15, 0.2) is 0 Å². The van der Waals surface area contributed by atoms with E-state index >= 15 is 0 Å². The molecule has 0 saturated carbocycles. The molecule has 0 atom stereocenters. The van der Waals surface area contributed by atoms with Crippen molar-refractivity contribution in [3.8, 4) is 0 Å². The Hall–Kier alpha value is -1.14. The van der Waals surface area contributed by atoms with E-state index in [1.54, 1.807) is 5.51 Å². The Kier molecular flexibility index (Phi) is 7.23. The molecule has 0 spiro atoms. The minimum Gasteiger partial charge on any atom is -0.347 e. The van der Waals surface area contributed by atoms with Crippen LogP contribution in [0, 0.1) is 0 Å². The van der Waals surface area contributed by atoms with E-state index in [4.69, 9.17) is 0 Å². The molecule has 2 N–H and O–H groups in total. The van der Waals surface area contributed by atoms with Gasteiger partial charge in [-0.05, 0) is 16.7 Å². The predicted octanol–water partition coefficient (Wildman–Crippen LogP) is 3.82. The Morgan fingerprint density at radius 1 is 1.25 bits per heavy atom. The van der Waals surface area contributed by atoms with Gasteiger partial charge in [0, 0.05) is 25.0 Å². The van der Waals surface area contributed by atoms with Gasteiger partial charge in [-0.2, -0.15) is 0 Å². The van der Waals surface area contributed by atoms with Crippen LogP contribution in [0.4, 0.5) is 0 Å². The molecule has 0 radical (unpaired) electrons. The molecular formula is C17H23Cl2N3OS. The Morgan fingerprint density at radius 2 is 1.96 bits per heavy atom. The Balaban J connectivity index is 0.00000144. The topological polar surface area (TPSA) is 54.0 Å². The minimum absolute atomic E-state index is 0. The van der Waals surface area contributed by atoms with E-state index in [0.717, 1.165) is 29.2 Å². The molecule has 0 aliphatic carbocycles.